The topological polar surface area (TPSA) is 102 Å². The van der Waals surface area contributed by atoms with Gasteiger partial charge in [0.05, 0.1) is 21.0 Å². The Morgan fingerprint density at radius 1 is 1.21 bits per heavy atom. The van der Waals surface area contributed by atoms with Crippen molar-refractivity contribution in [1.82, 2.24) is 4.98 Å². The molecule has 2 aromatic rings. The predicted octanol–water partition coefficient (Wildman–Crippen LogP) is 2.95. The number of hydrogen-bond acceptors (Lipinski definition) is 6. The number of esters is 1. The number of carbonyl (C=O) groups is 2. The van der Waals surface area contributed by atoms with Crippen LogP contribution in [0.3, 0.4) is 0 Å². The zero-order valence-electron chi connectivity index (χ0n) is 14.1. The first-order chi connectivity index (χ1) is 12.9. The summed E-state index contributed by atoms with van der Waals surface area (Å²) < 4.78 is 65.1. The first-order valence-electron chi connectivity index (χ1n) is 7.38. The Balaban J connectivity index is 1.96. The van der Waals surface area contributed by atoms with Gasteiger partial charge in [-0.25, -0.2) is 18.2 Å². The van der Waals surface area contributed by atoms with E-state index < -0.39 is 45.1 Å². The van der Waals surface area contributed by atoms with Crippen LogP contribution in [-0.4, -0.2) is 38.1 Å². The van der Waals surface area contributed by atoms with Crippen LogP contribution in [0.1, 0.15) is 15.9 Å². The lowest BCUT2D eigenvalue weighted by Crippen LogP contribution is -2.22. The van der Waals surface area contributed by atoms with Crippen molar-refractivity contribution < 1.29 is 35.9 Å². The molecule has 0 fully saturated rings. The predicted molar refractivity (Wildman–Crippen MR) is 92.7 cm³/mol. The summed E-state index contributed by atoms with van der Waals surface area (Å²) >= 11 is 5.66. The number of aromatic nitrogens is 1. The summed E-state index contributed by atoms with van der Waals surface area (Å²) in [5, 5.41) is 1.68. The molecule has 0 unspecified atom stereocenters. The smallest absolute Gasteiger partial charge is 0.417 e. The molecule has 1 amide bonds. The van der Waals surface area contributed by atoms with Crippen molar-refractivity contribution in [2.45, 2.75) is 11.1 Å². The SMILES string of the molecule is CS(=O)(=O)c1ccc(C(=O)OCC(=O)Nc2ncc(C(F)(F)F)cc2Cl)cc1. The number of nitrogens with one attached hydrogen (secondary N) is 1. The summed E-state index contributed by atoms with van der Waals surface area (Å²) in [5.41, 5.74) is -1.08. The summed E-state index contributed by atoms with van der Waals surface area (Å²) in [7, 11) is -3.43. The molecular weight excluding hydrogens is 425 g/mol. The Morgan fingerprint density at radius 3 is 2.32 bits per heavy atom. The van der Waals surface area contributed by atoms with Gasteiger partial charge in [-0.05, 0) is 30.3 Å². The molecule has 0 bridgehead atoms. The molecule has 1 aromatic carbocycles. The van der Waals surface area contributed by atoms with Crippen molar-refractivity contribution >= 4 is 39.1 Å². The third kappa shape index (κ3) is 5.67. The van der Waals surface area contributed by atoms with Gasteiger partial charge in [0.15, 0.2) is 22.3 Å². The Hall–Kier alpha value is -2.66. The molecule has 150 valence electrons. The second-order valence-corrected chi connectivity index (χ2v) is 7.90. The fraction of sp³-hybridized carbons (Fsp3) is 0.188. The summed E-state index contributed by atoms with van der Waals surface area (Å²) in [6.45, 7) is -0.758. The van der Waals surface area contributed by atoms with Gasteiger partial charge in [0.2, 0.25) is 0 Å². The number of amides is 1. The normalized spacial score (nSPS) is 11.8. The Bertz CT molecular complexity index is 1010. The van der Waals surface area contributed by atoms with Crippen LogP contribution in [0.4, 0.5) is 19.0 Å². The summed E-state index contributed by atoms with van der Waals surface area (Å²) in [6, 6.07) is 5.44. The third-order valence-corrected chi connectivity index (χ3v) is 4.70. The van der Waals surface area contributed by atoms with Crippen LogP contribution in [0.25, 0.3) is 0 Å². The zero-order chi connectivity index (χ0) is 21.1. The number of carbonyl (C=O) groups excluding carboxylic acids is 2. The van der Waals surface area contributed by atoms with E-state index >= 15 is 0 Å². The van der Waals surface area contributed by atoms with E-state index in [9.17, 15) is 31.2 Å². The lowest BCUT2D eigenvalue weighted by Gasteiger charge is -2.10. The van der Waals surface area contributed by atoms with Crippen LogP contribution in [0.5, 0.6) is 0 Å². The van der Waals surface area contributed by atoms with Gasteiger partial charge in [-0.15, -0.1) is 0 Å². The first kappa shape index (κ1) is 21.6. The highest BCUT2D eigenvalue weighted by Gasteiger charge is 2.31. The van der Waals surface area contributed by atoms with Crippen molar-refractivity contribution in [3.05, 3.63) is 52.7 Å². The fourth-order valence-electron chi connectivity index (χ4n) is 1.91. The molecule has 2 rings (SSSR count). The number of alkyl halides is 3. The number of rotatable bonds is 5. The number of pyridine rings is 1. The second-order valence-electron chi connectivity index (χ2n) is 5.47. The van der Waals surface area contributed by atoms with Gasteiger partial charge in [0.1, 0.15) is 0 Å². The summed E-state index contributed by atoms with van der Waals surface area (Å²) in [6.07, 6.45) is -3.14. The van der Waals surface area contributed by atoms with Gasteiger partial charge in [-0.3, -0.25) is 4.79 Å². The number of nitrogens with zero attached hydrogens (tertiary/aromatic N) is 1. The minimum Gasteiger partial charge on any atom is -0.452 e. The van der Waals surface area contributed by atoms with Gasteiger partial charge in [0.25, 0.3) is 5.91 Å². The van der Waals surface area contributed by atoms with Gasteiger partial charge >= 0.3 is 12.1 Å². The van der Waals surface area contributed by atoms with E-state index in [2.05, 4.69) is 10.3 Å². The lowest BCUT2D eigenvalue weighted by molar-refractivity contribution is -0.137. The largest absolute Gasteiger partial charge is 0.452 e. The highest BCUT2D eigenvalue weighted by molar-refractivity contribution is 7.90. The van der Waals surface area contributed by atoms with Crippen LogP contribution in [0, 0.1) is 0 Å². The highest BCUT2D eigenvalue weighted by Crippen LogP contribution is 2.32. The number of hydrogen-bond donors (Lipinski definition) is 1. The zero-order valence-corrected chi connectivity index (χ0v) is 15.7. The maximum atomic E-state index is 12.5. The molecule has 0 saturated carbocycles. The van der Waals surface area contributed by atoms with Crippen LogP contribution in [0.15, 0.2) is 41.4 Å². The second kappa shape index (κ2) is 8.15. The maximum Gasteiger partial charge on any atom is 0.417 e. The molecule has 1 N–H and O–H groups in total. The number of anilines is 1. The van der Waals surface area contributed by atoms with Crippen molar-refractivity contribution in [3.63, 3.8) is 0 Å². The maximum absolute atomic E-state index is 12.5. The van der Waals surface area contributed by atoms with E-state index in [4.69, 9.17) is 16.3 Å². The van der Waals surface area contributed by atoms with Gasteiger partial charge in [0, 0.05) is 12.5 Å². The third-order valence-electron chi connectivity index (χ3n) is 3.28. The molecular formula is C16H12ClF3N2O5S. The van der Waals surface area contributed by atoms with E-state index in [1.54, 1.807) is 0 Å². The molecule has 1 heterocycles. The molecule has 7 nitrogen and oxygen atoms in total. The van der Waals surface area contributed by atoms with E-state index in [1.807, 2.05) is 0 Å². The number of halogens is 4. The molecule has 0 spiro atoms. The molecule has 1 aromatic heterocycles. The quantitative estimate of drug-likeness (QED) is 0.723. The van der Waals surface area contributed by atoms with Gasteiger partial charge in [-0.1, -0.05) is 11.6 Å². The first-order valence-corrected chi connectivity index (χ1v) is 9.64. The van der Waals surface area contributed by atoms with Crippen molar-refractivity contribution in [2.24, 2.45) is 0 Å². The van der Waals surface area contributed by atoms with Gasteiger partial charge in [-0.2, -0.15) is 13.2 Å². The fourth-order valence-corrected chi connectivity index (χ4v) is 2.75. The van der Waals surface area contributed by atoms with E-state index in [1.165, 1.54) is 24.3 Å². The summed E-state index contributed by atoms with van der Waals surface area (Å²) in [4.78, 5) is 27.1. The average molecular weight is 437 g/mol. The average Bonchev–Trinajstić information content (AvgIpc) is 2.60. The molecule has 0 aliphatic carbocycles. The van der Waals surface area contributed by atoms with E-state index in [0.717, 1.165) is 6.26 Å². The van der Waals surface area contributed by atoms with E-state index in [-0.39, 0.29) is 16.3 Å². The van der Waals surface area contributed by atoms with Crippen molar-refractivity contribution in [3.8, 4) is 0 Å². The van der Waals surface area contributed by atoms with Crippen LogP contribution in [0.2, 0.25) is 5.02 Å². The molecule has 0 atom stereocenters. The van der Waals surface area contributed by atoms with Gasteiger partial charge < -0.3 is 10.1 Å². The standard InChI is InChI=1S/C16H12ClF3N2O5S/c1-28(25,26)11-4-2-9(3-5-11)15(24)27-8-13(23)22-14-12(17)6-10(7-21-14)16(18,19)20/h2-7H,8H2,1H3,(H,21,22,23). The minimum atomic E-state index is -4.64. The summed E-state index contributed by atoms with van der Waals surface area (Å²) in [5.74, 6) is -2.11. The molecule has 0 aliphatic rings. The molecule has 12 heteroatoms. The lowest BCUT2D eigenvalue weighted by atomic mass is 10.2. The molecule has 0 radical (unpaired) electrons. The monoisotopic (exact) mass is 436 g/mol. The molecule has 0 aliphatic heterocycles. The Morgan fingerprint density at radius 2 is 1.82 bits per heavy atom. The molecule has 28 heavy (non-hydrogen) atoms. The Kier molecular flexibility index (Phi) is 6.30. The van der Waals surface area contributed by atoms with Crippen LogP contribution >= 0.6 is 11.6 Å². The number of ether oxygens (including phenoxy) is 1. The Labute approximate surface area is 162 Å². The minimum absolute atomic E-state index is 0.00446. The van der Waals surface area contributed by atoms with Crippen molar-refractivity contribution in [1.29, 1.82) is 0 Å². The van der Waals surface area contributed by atoms with E-state index in [0.29, 0.717) is 12.3 Å². The highest BCUT2D eigenvalue weighted by atomic mass is 35.5. The number of benzene rings is 1. The van der Waals surface area contributed by atoms with Crippen molar-refractivity contribution in [2.75, 3.05) is 18.2 Å². The molecule has 0 saturated heterocycles. The van der Waals surface area contributed by atoms with Crippen LogP contribution in [-0.2, 0) is 25.5 Å². The van der Waals surface area contributed by atoms with Crippen LogP contribution < -0.4 is 5.32 Å². The number of sulfone groups is 1.